The first-order valence-electron chi connectivity index (χ1n) is 4.60. The minimum Gasteiger partial charge on any atom is -0.380 e. The summed E-state index contributed by atoms with van der Waals surface area (Å²) in [6, 6.07) is 0. The Morgan fingerprint density at radius 1 is 1.42 bits per heavy atom. The lowest BCUT2D eigenvalue weighted by atomic mass is 10.2. The maximum atomic E-state index is 8.97. The number of allylic oxidation sites excluding steroid dienone is 1. The molecule has 68 valence electrons. The van der Waals surface area contributed by atoms with Crippen LogP contribution in [-0.2, 0) is 0 Å². The average Bonchev–Trinajstić information content (AvgIpc) is 2.10. The molecule has 0 aromatic heterocycles. The van der Waals surface area contributed by atoms with E-state index in [9.17, 15) is 0 Å². The second-order valence-electron chi connectivity index (χ2n) is 2.89. The number of aliphatic hydroxyl groups excluding tert-OH is 1. The second kappa shape index (κ2) is 8.36. The molecule has 0 bridgehead atoms. The summed E-state index contributed by atoms with van der Waals surface area (Å²) < 4.78 is 0. The van der Waals surface area contributed by atoms with E-state index >= 15 is 0 Å². The molecule has 0 amide bonds. The van der Waals surface area contributed by atoms with Crippen LogP contribution in [0.25, 0.3) is 0 Å². The molecule has 0 saturated carbocycles. The Morgan fingerprint density at radius 3 is 2.75 bits per heavy atom. The van der Waals surface area contributed by atoms with Crippen LogP contribution < -0.4 is 0 Å². The molecule has 1 heteroatoms. The molecule has 0 aromatic carbocycles. The minimum atomic E-state index is -0.604. The van der Waals surface area contributed by atoms with Crippen molar-refractivity contribution in [2.75, 3.05) is 0 Å². The number of aliphatic hydroxyl groups is 1. The fraction of sp³-hybridized carbons (Fsp3) is 0.636. The molecule has 0 radical (unpaired) electrons. The Bertz CT molecular complexity index is 153. The van der Waals surface area contributed by atoms with E-state index in [-0.39, 0.29) is 0 Å². The highest BCUT2D eigenvalue weighted by atomic mass is 16.3. The lowest BCUT2D eigenvalue weighted by Crippen LogP contribution is -1.98. The van der Waals surface area contributed by atoms with E-state index in [1.807, 2.05) is 6.08 Å². The van der Waals surface area contributed by atoms with Crippen LogP contribution in [0.3, 0.4) is 0 Å². The number of terminal acetylenes is 1. The predicted molar refractivity (Wildman–Crippen MR) is 52.7 cm³/mol. The van der Waals surface area contributed by atoms with E-state index < -0.39 is 6.10 Å². The molecule has 12 heavy (non-hydrogen) atoms. The lowest BCUT2D eigenvalue weighted by Gasteiger charge is -1.96. The number of hydrogen-bond acceptors (Lipinski definition) is 1. The van der Waals surface area contributed by atoms with Gasteiger partial charge < -0.3 is 5.11 Å². The monoisotopic (exact) mass is 166 g/mol. The third-order valence-electron chi connectivity index (χ3n) is 1.69. The molecule has 0 aliphatic carbocycles. The molecular formula is C11H18O. The van der Waals surface area contributed by atoms with Gasteiger partial charge in [0.25, 0.3) is 0 Å². The highest BCUT2D eigenvalue weighted by Gasteiger charge is 1.91. The predicted octanol–water partition coefficient (Wildman–Crippen LogP) is 2.51. The van der Waals surface area contributed by atoms with Crippen molar-refractivity contribution in [2.24, 2.45) is 0 Å². The van der Waals surface area contributed by atoms with E-state index in [4.69, 9.17) is 11.5 Å². The molecular weight excluding hydrogens is 148 g/mol. The summed E-state index contributed by atoms with van der Waals surface area (Å²) in [5.74, 6) is 2.27. The summed E-state index contributed by atoms with van der Waals surface area (Å²) in [5, 5.41) is 8.97. The zero-order valence-electron chi connectivity index (χ0n) is 7.79. The summed E-state index contributed by atoms with van der Waals surface area (Å²) >= 11 is 0. The summed E-state index contributed by atoms with van der Waals surface area (Å²) in [7, 11) is 0. The first-order chi connectivity index (χ1) is 5.81. The molecule has 0 aliphatic rings. The standard InChI is InChI=1S/C11H18O/c1-3-5-6-7-8-9-10-11(12)4-2/h2,8-9,11-12H,3,5-7,10H2,1H3/b9-8+. The van der Waals surface area contributed by atoms with Gasteiger partial charge in [-0.15, -0.1) is 6.42 Å². The third-order valence-corrected chi connectivity index (χ3v) is 1.69. The van der Waals surface area contributed by atoms with Gasteiger partial charge in [0.15, 0.2) is 0 Å². The lowest BCUT2D eigenvalue weighted by molar-refractivity contribution is 0.236. The normalized spacial score (nSPS) is 13.1. The first kappa shape index (κ1) is 11.3. The fourth-order valence-electron chi connectivity index (χ4n) is 0.923. The fourth-order valence-corrected chi connectivity index (χ4v) is 0.923. The van der Waals surface area contributed by atoms with Crippen molar-refractivity contribution >= 4 is 0 Å². The Balaban J connectivity index is 3.21. The number of rotatable bonds is 6. The minimum absolute atomic E-state index is 0.586. The third kappa shape index (κ3) is 7.37. The van der Waals surface area contributed by atoms with Gasteiger partial charge >= 0.3 is 0 Å². The SMILES string of the molecule is C#CC(O)C/C=C/CCCCC. The Labute approximate surface area is 75.5 Å². The van der Waals surface area contributed by atoms with Crippen LogP contribution in [0.15, 0.2) is 12.2 Å². The maximum Gasteiger partial charge on any atom is 0.117 e. The highest BCUT2D eigenvalue weighted by Crippen LogP contribution is 2.00. The van der Waals surface area contributed by atoms with Crippen LogP contribution in [0.2, 0.25) is 0 Å². The van der Waals surface area contributed by atoms with Crippen molar-refractivity contribution in [1.29, 1.82) is 0 Å². The van der Waals surface area contributed by atoms with E-state index in [1.165, 1.54) is 19.3 Å². The Kier molecular flexibility index (Phi) is 7.84. The van der Waals surface area contributed by atoms with Crippen molar-refractivity contribution in [1.82, 2.24) is 0 Å². The molecule has 1 nitrogen and oxygen atoms in total. The van der Waals surface area contributed by atoms with E-state index in [0.717, 1.165) is 6.42 Å². The van der Waals surface area contributed by atoms with Crippen molar-refractivity contribution in [3.63, 3.8) is 0 Å². The molecule has 0 aromatic rings. The van der Waals surface area contributed by atoms with Gasteiger partial charge in [-0.3, -0.25) is 0 Å². The van der Waals surface area contributed by atoms with Gasteiger partial charge in [0, 0.05) is 6.42 Å². The molecule has 0 heterocycles. The van der Waals surface area contributed by atoms with Crippen molar-refractivity contribution in [2.45, 2.75) is 45.1 Å². The topological polar surface area (TPSA) is 20.2 Å². The van der Waals surface area contributed by atoms with E-state index in [0.29, 0.717) is 6.42 Å². The van der Waals surface area contributed by atoms with Crippen LogP contribution in [0.1, 0.15) is 39.0 Å². The smallest absolute Gasteiger partial charge is 0.117 e. The van der Waals surface area contributed by atoms with E-state index in [2.05, 4.69) is 18.9 Å². The molecule has 0 saturated heterocycles. The first-order valence-corrected chi connectivity index (χ1v) is 4.60. The van der Waals surface area contributed by atoms with Crippen molar-refractivity contribution in [3.05, 3.63) is 12.2 Å². The van der Waals surface area contributed by atoms with Gasteiger partial charge in [-0.25, -0.2) is 0 Å². The molecule has 1 N–H and O–H groups in total. The Morgan fingerprint density at radius 2 is 2.17 bits per heavy atom. The maximum absolute atomic E-state index is 8.97. The molecule has 0 aliphatic heterocycles. The molecule has 0 spiro atoms. The molecule has 1 atom stereocenters. The van der Waals surface area contributed by atoms with Crippen LogP contribution >= 0.6 is 0 Å². The number of hydrogen-bond donors (Lipinski definition) is 1. The van der Waals surface area contributed by atoms with Crippen molar-refractivity contribution in [3.8, 4) is 12.3 Å². The van der Waals surface area contributed by atoms with Crippen LogP contribution in [0.4, 0.5) is 0 Å². The van der Waals surface area contributed by atoms with Crippen LogP contribution in [0.5, 0.6) is 0 Å². The number of unbranched alkanes of at least 4 members (excludes halogenated alkanes) is 3. The summed E-state index contributed by atoms with van der Waals surface area (Å²) in [4.78, 5) is 0. The largest absolute Gasteiger partial charge is 0.380 e. The van der Waals surface area contributed by atoms with Gasteiger partial charge in [0.05, 0.1) is 0 Å². The van der Waals surface area contributed by atoms with Crippen LogP contribution in [0, 0.1) is 12.3 Å². The van der Waals surface area contributed by atoms with Gasteiger partial charge in [-0.1, -0.05) is 37.8 Å². The van der Waals surface area contributed by atoms with Gasteiger partial charge in [0.2, 0.25) is 0 Å². The van der Waals surface area contributed by atoms with E-state index in [1.54, 1.807) is 0 Å². The second-order valence-corrected chi connectivity index (χ2v) is 2.89. The summed E-state index contributed by atoms with van der Waals surface area (Å²) in [6.45, 7) is 2.19. The van der Waals surface area contributed by atoms with Crippen LogP contribution in [-0.4, -0.2) is 11.2 Å². The zero-order valence-corrected chi connectivity index (χ0v) is 7.79. The van der Waals surface area contributed by atoms with Gasteiger partial charge in [0.1, 0.15) is 6.10 Å². The highest BCUT2D eigenvalue weighted by molar-refractivity contribution is 4.98. The summed E-state index contributed by atoms with van der Waals surface area (Å²) in [5.41, 5.74) is 0. The average molecular weight is 166 g/mol. The Hall–Kier alpha value is -0.740. The molecule has 0 rings (SSSR count). The zero-order chi connectivity index (χ0) is 9.23. The molecule has 0 fully saturated rings. The quantitative estimate of drug-likeness (QED) is 0.365. The van der Waals surface area contributed by atoms with Crippen molar-refractivity contribution < 1.29 is 5.11 Å². The molecule has 1 unspecified atom stereocenters. The summed E-state index contributed by atoms with van der Waals surface area (Å²) in [6.07, 6.45) is 13.9. The van der Waals surface area contributed by atoms with Gasteiger partial charge in [-0.2, -0.15) is 0 Å². The van der Waals surface area contributed by atoms with Gasteiger partial charge in [-0.05, 0) is 12.8 Å².